The first-order chi connectivity index (χ1) is 8.58. The maximum atomic E-state index is 4.56. The van der Waals surface area contributed by atoms with Crippen molar-refractivity contribution < 1.29 is 0 Å². The van der Waals surface area contributed by atoms with Crippen LogP contribution in [0.2, 0.25) is 0 Å². The van der Waals surface area contributed by atoms with Crippen LogP contribution in [-0.2, 0) is 6.54 Å². The summed E-state index contributed by atoms with van der Waals surface area (Å²) in [5.74, 6) is 1.65. The second-order valence-electron chi connectivity index (χ2n) is 4.51. The van der Waals surface area contributed by atoms with Crippen molar-refractivity contribution in [1.82, 2.24) is 20.2 Å². The number of hydrogen-bond acceptors (Lipinski definition) is 5. The van der Waals surface area contributed by atoms with E-state index in [1.165, 1.54) is 0 Å². The first-order valence-electron chi connectivity index (χ1n) is 5.78. The summed E-state index contributed by atoms with van der Waals surface area (Å²) < 4.78 is 0. The minimum absolute atomic E-state index is 0.704. The van der Waals surface area contributed by atoms with Crippen LogP contribution in [0.3, 0.4) is 0 Å². The van der Waals surface area contributed by atoms with Crippen LogP contribution in [0.4, 0.5) is 11.8 Å². The summed E-state index contributed by atoms with van der Waals surface area (Å²) in [6.07, 6.45) is 3.59. The molecule has 2 heterocycles. The van der Waals surface area contributed by atoms with Crippen molar-refractivity contribution in [2.24, 2.45) is 0 Å². The molecule has 0 saturated carbocycles. The molecule has 6 heteroatoms. The molecular formula is C12H18N6. The van der Waals surface area contributed by atoms with Crippen LogP contribution < -0.4 is 9.80 Å². The van der Waals surface area contributed by atoms with Gasteiger partial charge in [-0.05, 0) is 13.0 Å². The highest BCUT2D eigenvalue weighted by molar-refractivity contribution is 5.48. The number of anilines is 2. The van der Waals surface area contributed by atoms with Gasteiger partial charge < -0.3 is 9.80 Å². The van der Waals surface area contributed by atoms with E-state index in [1.807, 2.05) is 50.1 Å². The zero-order valence-corrected chi connectivity index (χ0v) is 11.2. The summed E-state index contributed by atoms with van der Waals surface area (Å²) >= 11 is 0. The van der Waals surface area contributed by atoms with Gasteiger partial charge in [-0.2, -0.15) is 10.1 Å². The van der Waals surface area contributed by atoms with E-state index in [0.717, 1.165) is 17.1 Å². The van der Waals surface area contributed by atoms with Crippen molar-refractivity contribution >= 4 is 11.8 Å². The second-order valence-corrected chi connectivity index (χ2v) is 4.51. The third kappa shape index (κ3) is 2.58. The average molecular weight is 246 g/mol. The lowest BCUT2D eigenvalue weighted by Crippen LogP contribution is -2.21. The maximum absolute atomic E-state index is 4.56. The van der Waals surface area contributed by atoms with Gasteiger partial charge in [0.15, 0.2) is 0 Å². The molecule has 0 spiro atoms. The lowest BCUT2D eigenvalue weighted by atomic mass is 10.3. The molecule has 0 atom stereocenters. The molecule has 2 aromatic heterocycles. The molecule has 0 aliphatic carbocycles. The van der Waals surface area contributed by atoms with Crippen molar-refractivity contribution in [2.75, 3.05) is 30.9 Å². The van der Waals surface area contributed by atoms with E-state index in [9.17, 15) is 0 Å². The van der Waals surface area contributed by atoms with Gasteiger partial charge in [-0.25, -0.2) is 4.98 Å². The molecule has 0 aliphatic rings. The lowest BCUT2D eigenvalue weighted by Gasteiger charge is -2.20. The zero-order valence-electron chi connectivity index (χ0n) is 11.2. The summed E-state index contributed by atoms with van der Waals surface area (Å²) in [7, 11) is 5.92. The Bertz CT molecular complexity index is 505. The molecule has 0 amide bonds. The van der Waals surface area contributed by atoms with E-state index >= 15 is 0 Å². The Labute approximate surface area is 107 Å². The Morgan fingerprint density at radius 1 is 1.28 bits per heavy atom. The van der Waals surface area contributed by atoms with Crippen LogP contribution in [0, 0.1) is 6.92 Å². The molecule has 0 aromatic carbocycles. The van der Waals surface area contributed by atoms with E-state index in [4.69, 9.17) is 0 Å². The number of aromatic amines is 1. The summed E-state index contributed by atoms with van der Waals surface area (Å²) in [5.41, 5.74) is 2.10. The van der Waals surface area contributed by atoms with Gasteiger partial charge >= 0.3 is 0 Å². The van der Waals surface area contributed by atoms with Gasteiger partial charge in [-0.3, -0.25) is 5.10 Å². The fourth-order valence-corrected chi connectivity index (χ4v) is 1.76. The lowest BCUT2D eigenvalue weighted by molar-refractivity contribution is 0.826. The van der Waals surface area contributed by atoms with Crippen molar-refractivity contribution in [3.05, 3.63) is 29.7 Å². The quantitative estimate of drug-likeness (QED) is 0.878. The normalized spacial score (nSPS) is 10.4. The smallest absolute Gasteiger partial charge is 0.227 e. The van der Waals surface area contributed by atoms with Crippen molar-refractivity contribution in [3.8, 4) is 0 Å². The third-order valence-corrected chi connectivity index (χ3v) is 2.66. The number of H-pyrrole nitrogens is 1. The van der Waals surface area contributed by atoms with Crippen LogP contribution in [0.15, 0.2) is 18.5 Å². The highest BCUT2D eigenvalue weighted by Crippen LogP contribution is 2.17. The van der Waals surface area contributed by atoms with Crippen LogP contribution in [0.25, 0.3) is 0 Å². The molecule has 96 valence electrons. The number of hydrogen-bond donors (Lipinski definition) is 1. The predicted molar refractivity (Wildman–Crippen MR) is 71.8 cm³/mol. The summed E-state index contributed by atoms with van der Waals surface area (Å²) in [4.78, 5) is 12.9. The van der Waals surface area contributed by atoms with Gasteiger partial charge in [0.2, 0.25) is 5.95 Å². The van der Waals surface area contributed by atoms with Gasteiger partial charge in [-0.1, -0.05) is 0 Å². The van der Waals surface area contributed by atoms with Crippen LogP contribution in [0.5, 0.6) is 0 Å². The van der Waals surface area contributed by atoms with Gasteiger partial charge in [0.1, 0.15) is 5.82 Å². The monoisotopic (exact) mass is 246 g/mol. The van der Waals surface area contributed by atoms with Gasteiger partial charge in [0.25, 0.3) is 0 Å². The SMILES string of the molecule is Cc1cnc(N(C)Cc2ccn[nH]2)nc1N(C)C. The highest BCUT2D eigenvalue weighted by atomic mass is 15.3. The second kappa shape index (κ2) is 5.03. The van der Waals surface area contributed by atoms with Gasteiger partial charge in [0, 0.05) is 39.1 Å². The van der Waals surface area contributed by atoms with Crippen molar-refractivity contribution in [2.45, 2.75) is 13.5 Å². The minimum Gasteiger partial charge on any atom is -0.362 e. The first-order valence-corrected chi connectivity index (χ1v) is 5.78. The first kappa shape index (κ1) is 12.3. The molecule has 0 saturated heterocycles. The van der Waals surface area contributed by atoms with Gasteiger partial charge in [0.05, 0.1) is 12.2 Å². The molecular weight excluding hydrogens is 228 g/mol. The van der Waals surface area contributed by atoms with Gasteiger partial charge in [-0.15, -0.1) is 0 Å². The minimum atomic E-state index is 0.704. The number of aryl methyl sites for hydroxylation is 1. The number of rotatable bonds is 4. The van der Waals surface area contributed by atoms with E-state index in [1.54, 1.807) is 6.20 Å². The van der Waals surface area contributed by atoms with Crippen LogP contribution in [-0.4, -0.2) is 41.3 Å². The summed E-state index contributed by atoms with van der Waals surface area (Å²) in [6, 6.07) is 1.94. The number of nitrogens with one attached hydrogen (secondary N) is 1. The molecule has 2 aromatic rings. The van der Waals surface area contributed by atoms with Crippen molar-refractivity contribution in [3.63, 3.8) is 0 Å². The predicted octanol–water partition coefficient (Wildman–Crippen LogP) is 1.21. The standard InChI is InChI=1S/C12H18N6/c1-9-7-13-12(15-11(9)17(2)3)18(4)8-10-5-6-14-16-10/h5-7H,8H2,1-4H3,(H,14,16). The molecule has 0 fully saturated rings. The Morgan fingerprint density at radius 3 is 2.67 bits per heavy atom. The number of aromatic nitrogens is 4. The summed E-state index contributed by atoms with van der Waals surface area (Å²) in [6.45, 7) is 2.71. The Morgan fingerprint density at radius 2 is 2.06 bits per heavy atom. The molecule has 18 heavy (non-hydrogen) atoms. The molecule has 2 rings (SSSR count). The third-order valence-electron chi connectivity index (χ3n) is 2.66. The Kier molecular flexibility index (Phi) is 3.45. The Hall–Kier alpha value is -2.11. The largest absolute Gasteiger partial charge is 0.362 e. The number of nitrogens with zero attached hydrogens (tertiary/aromatic N) is 5. The zero-order chi connectivity index (χ0) is 13.1. The molecule has 0 unspecified atom stereocenters. The molecule has 0 aliphatic heterocycles. The topological polar surface area (TPSA) is 60.9 Å². The van der Waals surface area contributed by atoms with E-state index < -0.39 is 0 Å². The van der Waals surface area contributed by atoms with E-state index in [0.29, 0.717) is 12.5 Å². The van der Waals surface area contributed by atoms with Crippen molar-refractivity contribution in [1.29, 1.82) is 0 Å². The highest BCUT2D eigenvalue weighted by Gasteiger charge is 2.10. The van der Waals surface area contributed by atoms with Crippen LogP contribution in [0.1, 0.15) is 11.3 Å². The fourth-order valence-electron chi connectivity index (χ4n) is 1.76. The molecule has 1 N–H and O–H groups in total. The molecule has 0 bridgehead atoms. The Balaban J connectivity index is 2.20. The molecule has 6 nitrogen and oxygen atoms in total. The maximum Gasteiger partial charge on any atom is 0.227 e. The van der Waals surface area contributed by atoms with E-state index in [2.05, 4.69) is 20.2 Å². The molecule has 0 radical (unpaired) electrons. The van der Waals surface area contributed by atoms with Crippen LogP contribution >= 0.6 is 0 Å². The fraction of sp³-hybridized carbons (Fsp3) is 0.417. The van der Waals surface area contributed by atoms with E-state index in [-0.39, 0.29) is 0 Å². The summed E-state index contributed by atoms with van der Waals surface area (Å²) in [5, 5.41) is 6.86. The average Bonchev–Trinajstić information content (AvgIpc) is 2.81.